The normalized spacial score (nSPS) is 21.7. The van der Waals surface area contributed by atoms with Crippen molar-refractivity contribution in [2.75, 3.05) is 25.4 Å². The Kier molecular flexibility index (Phi) is 7.00. The minimum absolute atomic E-state index is 0.124. The number of aliphatic carboxylic acids is 1. The van der Waals surface area contributed by atoms with Crippen molar-refractivity contribution in [2.45, 2.75) is 17.5 Å². The van der Waals surface area contributed by atoms with Crippen molar-refractivity contribution in [2.24, 2.45) is 5.73 Å². The van der Waals surface area contributed by atoms with Gasteiger partial charge in [-0.15, -0.1) is 11.8 Å². The minimum Gasteiger partial charge on any atom is -0.477 e. The number of benzene rings is 1. The Labute approximate surface area is 208 Å². The fourth-order valence-corrected chi connectivity index (χ4v) is 5.33. The SMILES string of the molecule is NC(=O)OCC1=C(C(=O)O)N2C(=O)C(NC(=O)C(NC(=O)N3CCNC3=O)c3ccccc3)[C@H]2SC1. The summed E-state index contributed by atoms with van der Waals surface area (Å²) < 4.78 is 4.69. The Hall–Kier alpha value is -4.27. The number of primary amides is 1. The van der Waals surface area contributed by atoms with Crippen LogP contribution in [0.1, 0.15) is 11.6 Å². The highest BCUT2D eigenvalue weighted by molar-refractivity contribution is 8.00. The molecule has 14 nitrogen and oxygen atoms in total. The monoisotopic (exact) mass is 518 g/mol. The number of rotatable bonds is 7. The van der Waals surface area contributed by atoms with Crippen LogP contribution < -0.4 is 21.7 Å². The van der Waals surface area contributed by atoms with E-state index in [-0.39, 0.29) is 36.7 Å². The summed E-state index contributed by atoms with van der Waals surface area (Å²) in [6.45, 7) is 0.0318. The molecule has 2 saturated heterocycles. The van der Waals surface area contributed by atoms with Gasteiger partial charge in [-0.25, -0.2) is 24.1 Å². The number of carboxylic acids is 1. The largest absolute Gasteiger partial charge is 0.477 e. The predicted molar refractivity (Wildman–Crippen MR) is 123 cm³/mol. The smallest absolute Gasteiger partial charge is 0.404 e. The number of thioether (sulfide) groups is 1. The summed E-state index contributed by atoms with van der Waals surface area (Å²) in [6, 6.07) is 4.60. The Bertz CT molecular complexity index is 1160. The molecule has 3 heterocycles. The number of carboxylic acid groups (broad SMARTS) is 1. The first-order valence-corrected chi connectivity index (χ1v) is 11.8. The number of urea groups is 2. The molecule has 2 fully saturated rings. The zero-order valence-corrected chi connectivity index (χ0v) is 19.4. The second-order valence-electron chi connectivity index (χ2n) is 7.94. The Morgan fingerprint density at radius 1 is 1.22 bits per heavy atom. The van der Waals surface area contributed by atoms with Gasteiger partial charge in [0.2, 0.25) is 5.91 Å². The lowest BCUT2D eigenvalue weighted by molar-refractivity contribution is -0.151. The molecule has 3 aliphatic heterocycles. The Morgan fingerprint density at radius 3 is 2.56 bits per heavy atom. The van der Waals surface area contributed by atoms with Crippen molar-refractivity contribution in [3.63, 3.8) is 0 Å². The number of fused-ring (bicyclic) bond motifs is 1. The van der Waals surface area contributed by atoms with Crippen LogP contribution in [0.5, 0.6) is 0 Å². The summed E-state index contributed by atoms with van der Waals surface area (Å²) in [5, 5.41) is 16.5. The summed E-state index contributed by atoms with van der Waals surface area (Å²) in [7, 11) is 0. The molecule has 36 heavy (non-hydrogen) atoms. The molecule has 1 aromatic rings. The molecule has 190 valence electrons. The highest BCUT2D eigenvalue weighted by Crippen LogP contribution is 2.40. The third-order valence-corrected chi connectivity index (χ3v) is 7.04. The maximum atomic E-state index is 13.2. The number of imide groups is 1. The molecule has 0 saturated carbocycles. The number of amides is 7. The lowest BCUT2D eigenvalue weighted by Gasteiger charge is -2.49. The number of carbonyl (C=O) groups is 6. The van der Waals surface area contributed by atoms with Gasteiger partial charge in [0, 0.05) is 24.4 Å². The summed E-state index contributed by atoms with van der Waals surface area (Å²) in [5.41, 5.74) is 5.23. The number of hydrogen-bond donors (Lipinski definition) is 5. The molecule has 7 amide bonds. The van der Waals surface area contributed by atoms with E-state index >= 15 is 0 Å². The lowest BCUT2D eigenvalue weighted by atomic mass is 10.0. The first-order chi connectivity index (χ1) is 17.2. The Balaban J connectivity index is 1.50. The molecule has 3 atom stereocenters. The van der Waals surface area contributed by atoms with Crippen LogP contribution in [0.15, 0.2) is 41.6 Å². The number of carbonyl (C=O) groups excluding carboxylic acids is 5. The molecular formula is C21H22N6O8S. The van der Waals surface area contributed by atoms with E-state index in [4.69, 9.17) is 5.73 Å². The van der Waals surface area contributed by atoms with Crippen LogP contribution in [-0.4, -0.2) is 87.7 Å². The van der Waals surface area contributed by atoms with Gasteiger partial charge in [0.1, 0.15) is 29.8 Å². The first-order valence-electron chi connectivity index (χ1n) is 10.7. The number of hydrogen-bond acceptors (Lipinski definition) is 8. The van der Waals surface area contributed by atoms with Crippen LogP contribution in [0.4, 0.5) is 14.4 Å². The summed E-state index contributed by atoms with van der Waals surface area (Å²) in [5.74, 6) is -2.65. The van der Waals surface area contributed by atoms with Gasteiger partial charge >= 0.3 is 24.1 Å². The molecule has 6 N–H and O–H groups in total. The van der Waals surface area contributed by atoms with Gasteiger partial charge in [-0.05, 0) is 5.56 Å². The molecule has 1 aromatic carbocycles. The van der Waals surface area contributed by atoms with Gasteiger partial charge in [0.05, 0.1) is 0 Å². The molecule has 3 aliphatic rings. The number of ether oxygens (including phenoxy) is 1. The van der Waals surface area contributed by atoms with Crippen molar-refractivity contribution in [1.29, 1.82) is 0 Å². The van der Waals surface area contributed by atoms with Crippen LogP contribution >= 0.6 is 11.8 Å². The van der Waals surface area contributed by atoms with Crippen LogP contribution in [0, 0.1) is 0 Å². The van der Waals surface area contributed by atoms with Crippen molar-refractivity contribution in [1.82, 2.24) is 25.8 Å². The van der Waals surface area contributed by atoms with E-state index in [2.05, 4.69) is 20.7 Å². The van der Waals surface area contributed by atoms with Crippen LogP contribution in [0.25, 0.3) is 0 Å². The van der Waals surface area contributed by atoms with E-state index in [0.717, 1.165) is 9.80 Å². The highest BCUT2D eigenvalue weighted by Gasteiger charge is 2.54. The molecule has 0 aromatic heterocycles. The van der Waals surface area contributed by atoms with Gasteiger partial charge in [-0.1, -0.05) is 30.3 Å². The van der Waals surface area contributed by atoms with E-state index in [1.165, 1.54) is 11.8 Å². The molecule has 15 heteroatoms. The second-order valence-corrected chi connectivity index (χ2v) is 9.04. The fourth-order valence-electron chi connectivity index (χ4n) is 4.00. The molecule has 0 bridgehead atoms. The van der Waals surface area contributed by atoms with Gasteiger partial charge in [0.25, 0.3) is 5.91 Å². The van der Waals surface area contributed by atoms with Crippen LogP contribution in [-0.2, 0) is 19.1 Å². The van der Waals surface area contributed by atoms with Crippen LogP contribution in [0.3, 0.4) is 0 Å². The molecule has 0 spiro atoms. The fraction of sp³-hybridized carbons (Fsp3) is 0.333. The molecule has 2 unspecified atom stereocenters. The van der Waals surface area contributed by atoms with E-state index < -0.39 is 53.4 Å². The van der Waals surface area contributed by atoms with Crippen molar-refractivity contribution >= 4 is 47.7 Å². The summed E-state index contributed by atoms with van der Waals surface area (Å²) >= 11 is 1.18. The van der Waals surface area contributed by atoms with Gasteiger partial charge in [0.15, 0.2) is 0 Å². The third-order valence-electron chi connectivity index (χ3n) is 5.70. The number of nitrogens with one attached hydrogen (secondary N) is 3. The third kappa shape index (κ3) is 4.77. The zero-order valence-electron chi connectivity index (χ0n) is 18.6. The van der Waals surface area contributed by atoms with Crippen molar-refractivity contribution < 1.29 is 38.6 Å². The Morgan fingerprint density at radius 2 is 1.94 bits per heavy atom. The summed E-state index contributed by atoms with van der Waals surface area (Å²) in [4.78, 5) is 75.3. The zero-order chi connectivity index (χ0) is 26.0. The standard InChI is InChI=1S/C21H22N6O8S/c22-19(32)35-8-11-9-36-17-13(16(29)27(17)14(11)18(30)31)24-15(28)12(10-4-2-1-3-5-10)25-21(34)26-7-6-23-20(26)33/h1-5,12-13,17H,6-9H2,(H2,22,32)(H,23,33)(H,24,28)(H,25,34)(H,30,31)/t12?,13?,17-/m1/s1. The van der Waals surface area contributed by atoms with Crippen LogP contribution in [0.2, 0.25) is 0 Å². The van der Waals surface area contributed by atoms with Crippen molar-refractivity contribution in [3.05, 3.63) is 47.2 Å². The molecule has 0 radical (unpaired) electrons. The van der Waals surface area contributed by atoms with Gasteiger partial charge in [-0.3, -0.25) is 14.5 Å². The highest BCUT2D eigenvalue weighted by atomic mass is 32.2. The van der Waals surface area contributed by atoms with E-state index in [9.17, 15) is 33.9 Å². The summed E-state index contributed by atoms with van der Waals surface area (Å²) in [6.07, 6.45) is -1.08. The first kappa shape index (κ1) is 24.8. The quantitative estimate of drug-likeness (QED) is 0.289. The lowest BCUT2D eigenvalue weighted by Crippen LogP contribution is -2.71. The van der Waals surface area contributed by atoms with Gasteiger partial charge in [-0.2, -0.15) is 0 Å². The van der Waals surface area contributed by atoms with Gasteiger partial charge < -0.3 is 31.5 Å². The van der Waals surface area contributed by atoms with E-state index in [1.807, 2.05) is 0 Å². The number of β-lactam (4-membered cyclic amide) rings is 1. The predicted octanol–water partition coefficient (Wildman–Crippen LogP) is -0.704. The maximum absolute atomic E-state index is 13.2. The average molecular weight is 519 g/mol. The average Bonchev–Trinajstić information content (AvgIpc) is 3.29. The maximum Gasteiger partial charge on any atom is 0.404 e. The topological polar surface area (TPSA) is 200 Å². The molecule has 0 aliphatic carbocycles. The number of nitrogens with zero attached hydrogens (tertiary/aromatic N) is 2. The van der Waals surface area contributed by atoms with E-state index in [1.54, 1.807) is 30.3 Å². The molecule has 4 rings (SSSR count). The van der Waals surface area contributed by atoms with Crippen molar-refractivity contribution in [3.8, 4) is 0 Å². The second kappa shape index (κ2) is 10.2. The molecular weight excluding hydrogens is 496 g/mol. The minimum atomic E-state index is -1.39. The number of nitrogens with two attached hydrogens (primary N) is 1. The van der Waals surface area contributed by atoms with E-state index in [0.29, 0.717) is 5.56 Å².